The molecule has 0 atom stereocenters. The first-order valence-corrected chi connectivity index (χ1v) is 5.37. The zero-order valence-corrected chi connectivity index (χ0v) is 10.9. The zero-order valence-electron chi connectivity index (χ0n) is 7.99. The van der Waals surface area contributed by atoms with Crippen molar-refractivity contribution in [2.45, 2.75) is 6.36 Å². The summed E-state index contributed by atoms with van der Waals surface area (Å²) < 4.78 is 39.5. The topological polar surface area (TPSA) is 82.3 Å². The van der Waals surface area contributed by atoms with E-state index in [-0.39, 0.29) is 3.70 Å². The van der Waals surface area contributed by atoms with Crippen LogP contribution in [0.15, 0.2) is 6.20 Å². The molecule has 0 saturated carbocycles. The molecule has 0 saturated heterocycles. The van der Waals surface area contributed by atoms with Crippen molar-refractivity contribution in [2.24, 2.45) is 0 Å². The van der Waals surface area contributed by atoms with Crippen LogP contribution in [0.25, 0.3) is 0 Å². The summed E-state index contributed by atoms with van der Waals surface area (Å²) in [4.78, 5) is 23.8. The van der Waals surface area contributed by atoms with Gasteiger partial charge in [-0.05, 0) is 34.2 Å². The molecule has 0 aliphatic heterocycles. The number of halogens is 5. The summed E-state index contributed by atoms with van der Waals surface area (Å²) in [5.41, 5.74) is -1.90. The smallest absolute Gasteiger partial charge is 0.397 e. The maximum Gasteiger partial charge on any atom is 0.573 e. The molecule has 11 heteroatoms. The highest BCUT2D eigenvalue weighted by Crippen LogP contribution is 2.38. The third-order valence-electron chi connectivity index (χ3n) is 1.57. The molecular weight excluding hydrogens is 395 g/mol. The minimum atomic E-state index is -5.20. The van der Waals surface area contributed by atoms with Crippen LogP contribution in [0, 0.1) is 13.8 Å². The second-order valence-corrected chi connectivity index (χ2v) is 4.08. The standard InChI is InChI=1S/C7HClF3IN2O4/c8-5(15)2-1-13-6(12)3(14(16)17)4(2)18-7(9,10)11/h1H. The first-order valence-electron chi connectivity index (χ1n) is 3.92. The summed E-state index contributed by atoms with van der Waals surface area (Å²) in [5, 5.41) is 9.32. The molecule has 0 spiro atoms. The van der Waals surface area contributed by atoms with Gasteiger partial charge in [-0.25, -0.2) is 4.98 Å². The van der Waals surface area contributed by atoms with Gasteiger partial charge < -0.3 is 4.74 Å². The first kappa shape index (κ1) is 14.9. The molecule has 0 aromatic carbocycles. The van der Waals surface area contributed by atoms with Gasteiger partial charge in [-0.15, -0.1) is 13.2 Å². The molecule has 1 aromatic rings. The van der Waals surface area contributed by atoms with E-state index in [1.165, 1.54) is 22.6 Å². The minimum absolute atomic E-state index is 0.362. The summed E-state index contributed by atoms with van der Waals surface area (Å²) in [6, 6.07) is 0. The van der Waals surface area contributed by atoms with Crippen LogP contribution in [-0.2, 0) is 0 Å². The number of aromatic nitrogens is 1. The van der Waals surface area contributed by atoms with E-state index in [1.807, 2.05) is 0 Å². The second-order valence-electron chi connectivity index (χ2n) is 2.72. The third-order valence-corrected chi connectivity index (χ3v) is 2.57. The molecule has 0 aliphatic carbocycles. The number of nitro groups is 1. The molecule has 0 aliphatic rings. The average molecular weight is 396 g/mol. The number of rotatable bonds is 3. The lowest BCUT2D eigenvalue weighted by molar-refractivity contribution is -0.390. The average Bonchev–Trinajstić information content (AvgIpc) is 2.13. The molecule has 98 valence electrons. The molecule has 0 fully saturated rings. The van der Waals surface area contributed by atoms with E-state index in [2.05, 4.69) is 9.72 Å². The maximum atomic E-state index is 12.1. The van der Waals surface area contributed by atoms with E-state index in [0.717, 1.165) is 0 Å². The summed E-state index contributed by atoms with van der Waals surface area (Å²) in [6.45, 7) is 0. The van der Waals surface area contributed by atoms with Crippen molar-refractivity contribution in [3.8, 4) is 5.75 Å². The number of alkyl halides is 3. The summed E-state index contributed by atoms with van der Waals surface area (Å²) in [6.07, 6.45) is -4.53. The Labute approximate surface area is 115 Å². The highest BCUT2D eigenvalue weighted by atomic mass is 127. The fraction of sp³-hybridized carbons (Fsp3) is 0.143. The third kappa shape index (κ3) is 3.41. The molecular formula is C7HClF3IN2O4. The summed E-state index contributed by atoms with van der Waals surface area (Å²) >= 11 is 6.35. The van der Waals surface area contributed by atoms with Crippen molar-refractivity contribution < 1.29 is 27.6 Å². The zero-order chi connectivity index (χ0) is 14.1. The normalized spacial score (nSPS) is 11.2. The highest BCUT2D eigenvalue weighted by Gasteiger charge is 2.38. The highest BCUT2D eigenvalue weighted by molar-refractivity contribution is 14.1. The Morgan fingerprint density at radius 2 is 2.11 bits per heavy atom. The van der Waals surface area contributed by atoms with E-state index in [4.69, 9.17) is 11.6 Å². The Balaban J connectivity index is 3.53. The van der Waals surface area contributed by atoms with E-state index in [9.17, 15) is 28.1 Å². The van der Waals surface area contributed by atoms with Crippen LogP contribution in [0.3, 0.4) is 0 Å². The van der Waals surface area contributed by atoms with Gasteiger partial charge in [0.05, 0.1) is 4.92 Å². The lowest BCUT2D eigenvalue weighted by Gasteiger charge is -2.11. The van der Waals surface area contributed by atoms with Crippen molar-refractivity contribution in [1.29, 1.82) is 0 Å². The van der Waals surface area contributed by atoms with Gasteiger partial charge in [0.25, 0.3) is 5.24 Å². The summed E-state index contributed by atoms with van der Waals surface area (Å²) in [5.74, 6) is -1.27. The molecule has 0 bridgehead atoms. The van der Waals surface area contributed by atoms with Crippen LogP contribution in [0.5, 0.6) is 5.75 Å². The van der Waals surface area contributed by atoms with Crippen molar-refractivity contribution in [3.05, 3.63) is 25.6 Å². The Bertz CT molecular complexity index is 522. The van der Waals surface area contributed by atoms with Crippen LogP contribution in [-0.4, -0.2) is 21.5 Å². The largest absolute Gasteiger partial charge is 0.573 e. The van der Waals surface area contributed by atoms with Gasteiger partial charge >= 0.3 is 12.0 Å². The van der Waals surface area contributed by atoms with Gasteiger partial charge in [0.1, 0.15) is 5.56 Å². The van der Waals surface area contributed by atoms with Gasteiger partial charge in [-0.3, -0.25) is 14.9 Å². The van der Waals surface area contributed by atoms with Crippen LogP contribution in [0.1, 0.15) is 10.4 Å². The number of hydrogen-bond donors (Lipinski definition) is 0. The van der Waals surface area contributed by atoms with E-state index in [1.54, 1.807) is 0 Å². The number of hydrogen-bond acceptors (Lipinski definition) is 5. The number of carbonyl (C=O) groups excluding carboxylic acids is 1. The number of nitrogens with zero attached hydrogens (tertiary/aromatic N) is 2. The fourth-order valence-corrected chi connectivity index (χ4v) is 1.70. The van der Waals surface area contributed by atoms with Gasteiger partial charge in [0.2, 0.25) is 5.75 Å². The predicted octanol–water partition coefficient (Wildman–Crippen LogP) is 2.87. The molecule has 1 aromatic heterocycles. The lowest BCUT2D eigenvalue weighted by atomic mass is 10.2. The van der Waals surface area contributed by atoms with Gasteiger partial charge in [0, 0.05) is 6.20 Å². The fourth-order valence-electron chi connectivity index (χ4n) is 0.980. The Morgan fingerprint density at radius 1 is 1.56 bits per heavy atom. The Kier molecular flexibility index (Phi) is 4.32. The van der Waals surface area contributed by atoms with Crippen LogP contribution in [0.4, 0.5) is 18.9 Å². The maximum absolute atomic E-state index is 12.1. The van der Waals surface area contributed by atoms with Crippen molar-refractivity contribution in [2.75, 3.05) is 0 Å². The molecule has 0 N–H and O–H groups in total. The van der Waals surface area contributed by atoms with Crippen molar-refractivity contribution in [1.82, 2.24) is 4.98 Å². The van der Waals surface area contributed by atoms with Crippen molar-refractivity contribution in [3.63, 3.8) is 0 Å². The van der Waals surface area contributed by atoms with Crippen LogP contribution >= 0.6 is 34.2 Å². The van der Waals surface area contributed by atoms with Gasteiger partial charge in [0.15, 0.2) is 3.70 Å². The monoisotopic (exact) mass is 396 g/mol. The molecule has 18 heavy (non-hydrogen) atoms. The second kappa shape index (κ2) is 5.22. The number of pyridine rings is 1. The molecule has 1 heterocycles. The summed E-state index contributed by atoms with van der Waals surface area (Å²) in [7, 11) is 0. The van der Waals surface area contributed by atoms with Crippen molar-refractivity contribution >= 4 is 45.1 Å². The van der Waals surface area contributed by atoms with Crippen LogP contribution in [0.2, 0.25) is 0 Å². The molecule has 0 amide bonds. The predicted molar refractivity (Wildman–Crippen MR) is 60.5 cm³/mol. The Hall–Kier alpha value is -1.17. The van der Waals surface area contributed by atoms with Gasteiger partial charge in [-0.2, -0.15) is 0 Å². The number of ether oxygens (including phenoxy) is 1. The molecule has 0 unspecified atom stereocenters. The molecule has 6 nitrogen and oxygen atoms in total. The van der Waals surface area contributed by atoms with Crippen LogP contribution < -0.4 is 4.74 Å². The minimum Gasteiger partial charge on any atom is -0.397 e. The Morgan fingerprint density at radius 3 is 2.50 bits per heavy atom. The number of carbonyl (C=O) groups is 1. The molecule has 1 rings (SSSR count). The van der Waals surface area contributed by atoms with E-state index < -0.39 is 33.5 Å². The lowest BCUT2D eigenvalue weighted by Crippen LogP contribution is -2.20. The molecule has 0 radical (unpaired) electrons. The quantitative estimate of drug-likeness (QED) is 0.258. The van der Waals surface area contributed by atoms with E-state index >= 15 is 0 Å². The van der Waals surface area contributed by atoms with Gasteiger partial charge in [-0.1, -0.05) is 0 Å². The first-order chi connectivity index (χ1) is 8.13. The SMILES string of the molecule is O=C(Cl)c1cnc(I)c([N+](=O)[O-])c1OC(F)(F)F. The van der Waals surface area contributed by atoms with E-state index in [0.29, 0.717) is 6.20 Å².